The molecule has 0 bridgehead atoms. The van der Waals surface area contributed by atoms with Crippen LogP contribution in [0.5, 0.6) is 0 Å². The summed E-state index contributed by atoms with van der Waals surface area (Å²) < 4.78 is 1.51. The standard InChI is InChI=1S/C10H13N5O2S/c1-6-7(18-5-11-6)8-12-13-14-15(8)4-10(2,3)9(16)17/h5H,4H2,1-3H3,(H,16,17). The lowest BCUT2D eigenvalue weighted by Gasteiger charge is -2.18. The van der Waals surface area contributed by atoms with E-state index in [-0.39, 0.29) is 6.54 Å². The lowest BCUT2D eigenvalue weighted by atomic mass is 9.94. The van der Waals surface area contributed by atoms with Crippen molar-refractivity contribution in [2.75, 3.05) is 0 Å². The van der Waals surface area contributed by atoms with Gasteiger partial charge in [-0.05, 0) is 31.2 Å². The summed E-state index contributed by atoms with van der Waals surface area (Å²) in [5.41, 5.74) is 1.62. The molecule has 18 heavy (non-hydrogen) atoms. The van der Waals surface area contributed by atoms with Gasteiger partial charge in [0.05, 0.1) is 28.0 Å². The number of carboxylic acid groups (broad SMARTS) is 1. The monoisotopic (exact) mass is 267 g/mol. The molecule has 7 nitrogen and oxygen atoms in total. The van der Waals surface area contributed by atoms with E-state index < -0.39 is 11.4 Å². The molecule has 0 saturated heterocycles. The minimum atomic E-state index is -0.928. The smallest absolute Gasteiger partial charge is 0.310 e. The summed E-state index contributed by atoms with van der Waals surface area (Å²) in [6.07, 6.45) is 0. The molecule has 0 aliphatic rings. The van der Waals surface area contributed by atoms with Gasteiger partial charge in [0.2, 0.25) is 0 Å². The van der Waals surface area contributed by atoms with Crippen LogP contribution in [-0.2, 0) is 11.3 Å². The Kier molecular flexibility index (Phi) is 3.12. The van der Waals surface area contributed by atoms with Crippen LogP contribution in [0.1, 0.15) is 19.5 Å². The number of carboxylic acids is 1. The fourth-order valence-corrected chi connectivity index (χ4v) is 2.22. The number of nitrogens with zero attached hydrogens (tertiary/aromatic N) is 5. The quantitative estimate of drug-likeness (QED) is 0.895. The summed E-state index contributed by atoms with van der Waals surface area (Å²) in [5.74, 6) is -0.325. The van der Waals surface area contributed by atoms with Crippen molar-refractivity contribution in [1.82, 2.24) is 25.2 Å². The minimum absolute atomic E-state index is 0.210. The minimum Gasteiger partial charge on any atom is -0.481 e. The molecule has 0 unspecified atom stereocenters. The Morgan fingerprint density at radius 1 is 1.56 bits per heavy atom. The molecule has 8 heteroatoms. The van der Waals surface area contributed by atoms with Crippen molar-refractivity contribution in [2.45, 2.75) is 27.3 Å². The average Bonchev–Trinajstić information content (AvgIpc) is 2.86. The van der Waals surface area contributed by atoms with Crippen LogP contribution in [0.15, 0.2) is 5.51 Å². The summed E-state index contributed by atoms with van der Waals surface area (Å²) in [7, 11) is 0. The van der Waals surface area contributed by atoms with E-state index in [1.807, 2.05) is 6.92 Å². The summed E-state index contributed by atoms with van der Waals surface area (Å²) >= 11 is 1.43. The summed E-state index contributed by atoms with van der Waals surface area (Å²) in [6.45, 7) is 5.36. The van der Waals surface area contributed by atoms with Gasteiger partial charge in [-0.25, -0.2) is 9.67 Å². The molecule has 0 amide bonds. The van der Waals surface area contributed by atoms with Crippen molar-refractivity contribution in [3.05, 3.63) is 11.2 Å². The third-order valence-corrected chi connectivity index (χ3v) is 3.53. The number of tetrazole rings is 1. The normalized spacial score (nSPS) is 11.7. The topological polar surface area (TPSA) is 93.8 Å². The summed E-state index contributed by atoms with van der Waals surface area (Å²) in [5, 5.41) is 20.5. The van der Waals surface area contributed by atoms with Crippen LogP contribution < -0.4 is 0 Å². The van der Waals surface area contributed by atoms with E-state index in [9.17, 15) is 4.79 Å². The lowest BCUT2D eigenvalue weighted by molar-refractivity contribution is -0.147. The van der Waals surface area contributed by atoms with E-state index in [2.05, 4.69) is 20.5 Å². The third-order valence-electron chi connectivity index (χ3n) is 2.60. The zero-order chi connectivity index (χ0) is 13.3. The van der Waals surface area contributed by atoms with E-state index >= 15 is 0 Å². The molecule has 0 aliphatic heterocycles. The van der Waals surface area contributed by atoms with Crippen LogP contribution in [0.25, 0.3) is 10.7 Å². The number of carbonyl (C=O) groups is 1. The largest absolute Gasteiger partial charge is 0.481 e. The highest BCUT2D eigenvalue weighted by atomic mass is 32.1. The highest BCUT2D eigenvalue weighted by molar-refractivity contribution is 7.13. The van der Waals surface area contributed by atoms with E-state index in [0.717, 1.165) is 10.6 Å². The van der Waals surface area contributed by atoms with Gasteiger partial charge >= 0.3 is 5.97 Å². The molecule has 96 valence electrons. The van der Waals surface area contributed by atoms with E-state index in [0.29, 0.717) is 5.82 Å². The van der Waals surface area contributed by atoms with Gasteiger partial charge in [0, 0.05) is 0 Å². The van der Waals surface area contributed by atoms with Crippen LogP contribution in [0.2, 0.25) is 0 Å². The average molecular weight is 267 g/mol. The molecular weight excluding hydrogens is 254 g/mol. The molecule has 0 atom stereocenters. The molecule has 0 fully saturated rings. The zero-order valence-corrected chi connectivity index (χ0v) is 11.1. The van der Waals surface area contributed by atoms with E-state index in [4.69, 9.17) is 5.11 Å². The predicted octanol–water partition coefficient (Wildman–Crippen LogP) is 1.22. The van der Waals surface area contributed by atoms with Crippen LogP contribution in [0.3, 0.4) is 0 Å². The Labute approximate surface area is 107 Å². The summed E-state index contributed by atoms with van der Waals surface area (Å²) in [4.78, 5) is 16.1. The molecule has 0 aromatic carbocycles. The number of aliphatic carboxylic acids is 1. The molecule has 2 rings (SSSR count). The first-order chi connectivity index (χ1) is 8.42. The molecule has 0 saturated carbocycles. The number of hydrogen-bond acceptors (Lipinski definition) is 6. The van der Waals surface area contributed by atoms with Gasteiger partial charge in [0.1, 0.15) is 0 Å². The molecule has 2 heterocycles. The Hall–Kier alpha value is -1.83. The van der Waals surface area contributed by atoms with Crippen molar-refractivity contribution in [1.29, 1.82) is 0 Å². The van der Waals surface area contributed by atoms with Crippen molar-refractivity contribution < 1.29 is 9.90 Å². The Bertz CT molecular complexity index is 574. The molecule has 2 aromatic rings. The van der Waals surface area contributed by atoms with Gasteiger partial charge in [0.15, 0.2) is 5.82 Å². The fraction of sp³-hybridized carbons (Fsp3) is 0.500. The Morgan fingerprint density at radius 2 is 2.28 bits per heavy atom. The maximum absolute atomic E-state index is 11.1. The van der Waals surface area contributed by atoms with Crippen LogP contribution in [0, 0.1) is 12.3 Å². The van der Waals surface area contributed by atoms with Crippen molar-refractivity contribution in [3.63, 3.8) is 0 Å². The summed E-state index contributed by atoms with van der Waals surface area (Å²) in [6, 6.07) is 0. The van der Waals surface area contributed by atoms with Crippen LogP contribution in [-0.4, -0.2) is 36.3 Å². The highest BCUT2D eigenvalue weighted by Gasteiger charge is 2.30. The second-order valence-corrected chi connectivity index (χ2v) is 5.47. The van der Waals surface area contributed by atoms with Gasteiger partial charge in [-0.1, -0.05) is 0 Å². The van der Waals surface area contributed by atoms with Crippen LogP contribution >= 0.6 is 11.3 Å². The molecular formula is C10H13N5O2S. The van der Waals surface area contributed by atoms with Crippen molar-refractivity contribution in [3.8, 4) is 10.7 Å². The second-order valence-electron chi connectivity index (χ2n) is 4.62. The van der Waals surface area contributed by atoms with Gasteiger partial charge in [0.25, 0.3) is 0 Å². The Morgan fingerprint density at radius 3 is 2.83 bits per heavy atom. The Balaban J connectivity index is 2.35. The fourth-order valence-electron chi connectivity index (χ4n) is 1.43. The van der Waals surface area contributed by atoms with Crippen LogP contribution in [0.4, 0.5) is 0 Å². The SMILES string of the molecule is Cc1ncsc1-c1nnnn1CC(C)(C)C(=O)O. The first-order valence-electron chi connectivity index (χ1n) is 5.32. The molecule has 0 aliphatic carbocycles. The number of hydrogen-bond donors (Lipinski definition) is 1. The predicted molar refractivity (Wildman–Crippen MR) is 65.1 cm³/mol. The maximum Gasteiger partial charge on any atom is 0.310 e. The number of thiazole rings is 1. The van der Waals surface area contributed by atoms with Gasteiger partial charge in [-0.2, -0.15) is 0 Å². The highest BCUT2D eigenvalue weighted by Crippen LogP contribution is 2.26. The van der Waals surface area contributed by atoms with E-state index in [1.165, 1.54) is 16.0 Å². The number of aryl methyl sites for hydroxylation is 1. The first kappa shape index (κ1) is 12.6. The van der Waals surface area contributed by atoms with Gasteiger partial charge < -0.3 is 5.11 Å². The van der Waals surface area contributed by atoms with Gasteiger partial charge in [-0.15, -0.1) is 16.4 Å². The lowest BCUT2D eigenvalue weighted by Crippen LogP contribution is -2.30. The molecule has 2 aromatic heterocycles. The van der Waals surface area contributed by atoms with Crippen molar-refractivity contribution >= 4 is 17.3 Å². The number of aromatic nitrogens is 5. The zero-order valence-electron chi connectivity index (χ0n) is 10.3. The maximum atomic E-state index is 11.1. The second kappa shape index (κ2) is 4.45. The first-order valence-corrected chi connectivity index (χ1v) is 6.20. The third kappa shape index (κ3) is 2.23. The molecule has 1 N–H and O–H groups in total. The molecule has 0 spiro atoms. The van der Waals surface area contributed by atoms with Crippen molar-refractivity contribution in [2.24, 2.45) is 5.41 Å². The molecule has 0 radical (unpaired) electrons. The van der Waals surface area contributed by atoms with E-state index in [1.54, 1.807) is 19.4 Å². The number of rotatable bonds is 4. The van der Waals surface area contributed by atoms with Gasteiger partial charge in [-0.3, -0.25) is 4.79 Å².